The van der Waals surface area contributed by atoms with Crippen molar-refractivity contribution in [2.45, 2.75) is 10.6 Å². The summed E-state index contributed by atoms with van der Waals surface area (Å²) in [7, 11) is -3.74. The van der Waals surface area contributed by atoms with Gasteiger partial charge in [-0.3, -0.25) is 0 Å². The molecule has 0 bridgehead atoms. The van der Waals surface area contributed by atoms with Crippen LogP contribution in [0.15, 0.2) is 51.8 Å². The average Bonchev–Trinajstić information content (AvgIpc) is 2.41. The third-order valence-electron chi connectivity index (χ3n) is 2.80. The molecule has 7 heteroatoms. The Balaban J connectivity index is 2.38. The van der Waals surface area contributed by atoms with Crippen LogP contribution in [-0.2, 0) is 15.6 Å². The SMILES string of the molecule is O=C(O)c1cc(S(=O)(=O)Cc2ccc(Br)cc2)ccc1F. The van der Waals surface area contributed by atoms with Gasteiger partial charge in [0.1, 0.15) is 5.82 Å². The van der Waals surface area contributed by atoms with Gasteiger partial charge in [0.15, 0.2) is 9.84 Å². The molecule has 0 radical (unpaired) electrons. The van der Waals surface area contributed by atoms with Crippen LogP contribution in [-0.4, -0.2) is 19.5 Å². The predicted molar refractivity (Wildman–Crippen MR) is 78.4 cm³/mol. The van der Waals surface area contributed by atoms with E-state index in [0.717, 1.165) is 22.7 Å². The molecule has 2 rings (SSSR count). The van der Waals surface area contributed by atoms with Crippen molar-refractivity contribution in [1.29, 1.82) is 0 Å². The summed E-state index contributed by atoms with van der Waals surface area (Å²) in [5.74, 6) is -2.76. The maximum Gasteiger partial charge on any atom is 0.338 e. The second-order valence-corrected chi connectivity index (χ2v) is 7.24. The molecule has 110 valence electrons. The zero-order valence-corrected chi connectivity index (χ0v) is 13.0. The molecule has 0 heterocycles. The molecule has 2 aromatic carbocycles. The van der Waals surface area contributed by atoms with E-state index in [1.165, 1.54) is 0 Å². The molecule has 2 aromatic rings. The van der Waals surface area contributed by atoms with Crippen LogP contribution in [0.25, 0.3) is 0 Å². The molecule has 0 spiro atoms. The minimum atomic E-state index is -3.74. The van der Waals surface area contributed by atoms with Crippen LogP contribution in [0.2, 0.25) is 0 Å². The number of carbonyl (C=O) groups is 1. The summed E-state index contributed by atoms with van der Waals surface area (Å²) in [6.07, 6.45) is 0. The van der Waals surface area contributed by atoms with E-state index in [0.29, 0.717) is 5.56 Å². The first-order chi connectivity index (χ1) is 9.79. The molecule has 0 unspecified atom stereocenters. The Bertz CT molecular complexity index is 785. The maximum atomic E-state index is 13.3. The molecule has 0 fully saturated rings. The monoisotopic (exact) mass is 372 g/mol. The summed E-state index contributed by atoms with van der Waals surface area (Å²) in [4.78, 5) is 10.6. The molecule has 4 nitrogen and oxygen atoms in total. The van der Waals surface area contributed by atoms with Gasteiger partial charge in [-0.2, -0.15) is 0 Å². The van der Waals surface area contributed by atoms with E-state index in [9.17, 15) is 17.6 Å². The number of carboxylic acids is 1. The second-order valence-electron chi connectivity index (χ2n) is 4.33. The lowest BCUT2D eigenvalue weighted by atomic mass is 10.2. The van der Waals surface area contributed by atoms with Gasteiger partial charge < -0.3 is 5.11 Å². The highest BCUT2D eigenvalue weighted by molar-refractivity contribution is 9.10. The number of rotatable bonds is 4. The second kappa shape index (κ2) is 5.95. The Hall–Kier alpha value is -1.73. The molecule has 0 aliphatic carbocycles. The molecule has 0 atom stereocenters. The van der Waals surface area contributed by atoms with E-state index in [2.05, 4.69) is 15.9 Å². The van der Waals surface area contributed by atoms with Gasteiger partial charge in [0.2, 0.25) is 0 Å². The fraction of sp³-hybridized carbons (Fsp3) is 0.0714. The topological polar surface area (TPSA) is 71.4 Å². The first kappa shape index (κ1) is 15.7. The lowest BCUT2D eigenvalue weighted by molar-refractivity contribution is 0.0691. The van der Waals surface area contributed by atoms with Crippen molar-refractivity contribution >= 4 is 31.7 Å². The number of hydrogen-bond donors (Lipinski definition) is 1. The van der Waals surface area contributed by atoms with Crippen LogP contribution in [0.5, 0.6) is 0 Å². The van der Waals surface area contributed by atoms with Gasteiger partial charge in [-0.25, -0.2) is 17.6 Å². The third-order valence-corrected chi connectivity index (χ3v) is 5.01. The van der Waals surface area contributed by atoms with Gasteiger partial charge in [0.25, 0.3) is 0 Å². The van der Waals surface area contributed by atoms with E-state index >= 15 is 0 Å². The van der Waals surface area contributed by atoms with Crippen molar-refractivity contribution in [3.8, 4) is 0 Å². The number of benzene rings is 2. The summed E-state index contributed by atoms with van der Waals surface area (Å²) >= 11 is 3.25. The van der Waals surface area contributed by atoms with E-state index < -0.39 is 27.2 Å². The smallest absolute Gasteiger partial charge is 0.338 e. The van der Waals surface area contributed by atoms with Crippen molar-refractivity contribution in [3.05, 3.63) is 63.9 Å². The molecule has 0 aromatic heterocycles. The van der Waals surface area contributed by atoms with Gasteiger partial charge in [-0.05, 0) is 35.9 Å². The Morgan fingerprint density at radius 2 is 1.76 bits per heavy atom. The van der Waals surface area contributed by atoms with Crippen molar-refractivity contribution < 1.29 is 22.7 Å². The van der Waals surface area contributed by atoms with E-state index in [1.807, 2.05) is 0 Å². The molecule has 0 saturated carbocycles. The van der Waals surface area contributed by atoms with Gasteiger partial charge in [-0.1, -0.05) is 28.1 Å². The summed E-state index contributed by atoms with van der Waals surface area (Å²) < 4.78 is 38.6. The summed E-state index contributed by atoms with van der Waals surface area (Å²) in [5.41, 5.74) is -0.105. The number of carboxylic acid groups (broad SMARTS) is 1. The highest BCUT2D eigenvalue weighted by atomic mass is 79.9. The first-order valence-corrected chi connectivity index (χ1v) is 8.24. The van der Waals surface area contributed by atoms with Crippen molar-refractivity contribution in [3.63, 3.8) is 0 Å². The van der Waals surface area contributed by atoms with Gasteiger partial charge in [0, 0.05) is 4.47 Å². The van der Waals surface area contributed by atoms with Crippen LogP contribution in [0.1, 0.15) is 15.9 Å². The molecule has 0 amide bonds. The third kappa shape index (κ3) is 3.68. The lowest BCUT2D eigenvalue weighted by Crippen LogP contribution is -2.08. The van der Waals surface area contributed by atoms with Crippen LogP contribution >= 0.6 is 15.9 Å². The zero-order chi connectivity index (χ0) is 15.6. The predicted octanol–water partition coefficient (Wildman–Crippen LogP) is 3.26. The van der Waals surface area contributed by atoms with E-state index in [4.69, 9.17) is 5.11 Å². The fourth-order valence-electron chi connectivity index (χ4n) is 1.75. The normalized spacial score (nSPS) is 11.3. The molecule has 21 heavy (non-hydrogen) atoms. The van der Waals surface area contributed by atoms with Gasteiger partial charge in [0.05, 0.1) is 16.2 Å². The largest absolute Gasteiger partial charge is 0.478 e. The molecule has 0 saturated heterocycles. The Labute approximate surface area is 129 Å². The molecule has 0 aliphatic rings. The zero-order valence-electron chi connectivity index (χ0n) is 10.6. The molecule has 0 aliphatic heterocycles. The molecule has 1 N–H and O–H groups in total. The minimum absolute atomic E-state index is 0.218. The van der Waals surface area contributed by atoms with E-state index in [1.54, 1.807) is 24.3 Å². The van der Waals surface area contributed by atoms with Gasteiger partial charge >= 0.3 is 5.97 Å². The van der Waals surface area contributed by atoms with Crippen LogP contribution < -0.4 is 0 Å². The number of hydrogen-bond acceptors (Lipinski definition) is 3. The van der Waals surface area contributed by atoms with Crippen molar-refractivity contribution in [2.24, 2.45) is 0 Å². The van der Waals surface area contributed by atoms with Crippen LogP contribution in [0, 0.1) is 5.82 Å². The highest BCUT2D eigenvalue weighted by Crippen LogP contribution is 2.21. The maximum absolute atomic E-state index is 13.3. The summed E-state index contributed by atoms with van der Waals surface area (Å²) in [6, 6.07) is 9.45. The molecular weight excluding hydrogens is 363 g/mol. The Morgan fingerprint density at radius 1 is 1.14 bits per heavy atom. The van der Waals surface area contributed by atoms with Crippen molar-refractivity contribution in [2.75, 3.05) is 0 Å². The number of aromatic carboxylic acids is 1. The summed E-state index contributed by atoms with van der Waals surface area (Å²) in [6.45, 7) is 0. The minimum Gasteiger partial charge on any atom is -0.478 e. The average molecular weight is 373 g/mol. The fourth-order valence-corrected chi connectivity index (χ4v) is 3.38. The van der Waals surface area contributed by atoms with Crippen LogP contribution in [0.4, 0.5) is 4.39 Å². The van der Waals surface area contributed by atoms with Crippen LogP contribution in [0.3, 0.4) is 0 Å². The Morgan fingerprint density at radius 3 is 2.33 bits per heavy atom. The van der Waals surface area contributed by atoms with Gasteiger partial charge in [-0.15, -0.1) is 0 Å². The highest BCUT2D eigenvalue weighted by Gasteiger charge is 2.19. The van der Waals surface area contributed by atoms with E-state index in [-0.39, 0.29) is 10.6 Å². The number of halogens is 2. The first-order valence-electron chi connectivity index (χ1n) is 5.79. The lowest BCUT2D eigenvalue weighted by Gasteiger charge is -2.06. The molecular formula is C14H10BrFO4S. The number of sulfone groups is 1. The summed E-state index contributed by atoms with van der Waals surface area (Å²) in [5, 5.41) is 8.84. The Kier molecular flexibility index (Phi) is 4.43. The standard InChI is InChI=1S/C14H10BrFO4S/c15-10-3-1-9(2-4-10)8-21(19,20)11-5-6-13(16)12(7-11)14(17)18/h1-7H,8H2,(H,17,18). The van der Waals surface area contributed by atoms with Crippen molar-refractivity contribution in [1.82, 2.24) is 0 Å². The quantitative estimate of drug-likeness (QED) is 0.836.